The highest BCUT2D eigenvalue weighted by atomic mass is 32.3. The van der Waals surface area contributed by atoms with Crippen molar-refractivity contribution in [1.82, 2.24) is 0 Å². The van der Waals surface area contributed by atoms with Crippen LogP contribution in [0, 0.1) is 10.7 Å². The van der Waals surface area contributed by atoms with Gasteiger partial charge in [-0.1, -0.05) is 13.3 Å². The van der Waals surface area contributed by atoms with Crippen LogP contribution in [0.2, 0.25) is 0 Å². The number of hydrogen-bond acceptors (Lipinski definition) is 1. The van der Waals surface area contributed by atoms with Crippen molar-refractivity contribution in [1.29, 1.82) is 5.26 Å². The van der Waals surface area contributed by atoms with Gasteiger partial charge in [0.1, 0.15) is 5.40 Å². The second-order valence-corrected chi connectivity index (χ2v) is 6.35. The average Bonchev–Trinajstić information content (AvgIpc) is 1.84. The Morgan fingerprint density at radius 1 is 1.44 bits per heavy atom. The lowest BCUT2D eigenvalue weighted by atomic mass is 10.4. The van der Waals surface area contributed by atoms with Crippen LogP contribution in [0.25, 0.3) is 0 Å². The first kappa shape index (κ1) is 8.84. The molecule has 0 aromatic rings. The van der Waals surface area contributed by atoms with Crippen LogP contribution in [0.4, 0.5) is 0 Å². The number of nitrogens with zero attached hydrogens (tertiary/aromatic N) is 1. The van der Waals surface area contributed by atoms with Crippen molar-refractivity contribution in [3.8, 4) is 5.40 Å². The van der Waals surface area contributed by atoms with Gasteiger partial charge in [0.25, 0.3) is 0 Å². The highest BCUT2D eigenvalue weighted by Gasteiger charge is 2.07. The van der Waals surface area contributed by atoms with Gasteiger partial charge in [-0.2, -0.15) is 15.3 Å². The third-order valence-corrected chi connectivity index (χ3v) is 3.06. The molecule has 0 rings (SSSR count). The topological polar surface area (TPSA) is 23.8 Å². The summed E-state index contributed by atoms with van der Waals surface area (Å²) in [4.78, 5) is 0. The Morgan fingerprint density at radius 2 is 2.00 bits per heavy atom. The van der Waals surface area contributed by atoms with Crippen LogP contribution < -0.4 is 0 Å². The van der Waals surface area contributed by atoms with Crippen molar-refractivity contribution >= 4 is 10.0 Å². The van der Waals surface area contributed by atoms with E-state index >= 15 is 0 Å². The lowest BCUT2D eigenvalue weighted by Crippen LogP contribution is -1.96. The second kappa shape index (κ2) is 3.79. The minimum atomic E-state index is -0.876. The van der Waals surface area contributed by atoms with Crippen molar-refractivity contribution in [2.24, 2.45) is 0 Å². The van der Waals surface area contributed by atoms with E-state index in [9.17, 15) is 0 Å². The van der Waals surface area contributed by atoms with Gasteiger partial charge < -0.3 is 0 Å². The third-order valence-electron chi connectivity index (χ3n) is 1.26. The van der Waals surface area contributed by atoms with Crippen molar-refractivity contribution in [2.75, 3.05) is 18.3 Å². The number of rotatable bonds is 3. The van der Waals surface area contributed by atoms with Gasteiger partial charge in [-0.05, 0) is 24.7 Å². The summed E-state index contributed by atoms with van der Waals surface area (Å²) < 4.78 is 0. The first-order valence-corrected chi connectivity index (χ1v) is 5.86. The van der Waals surface area contributed by atoms with Crippen LogP contribution in [0.1, 0.15) is 19.8 Å². The minimum absolute atomic E-state index is 0.876. The molecular formula is C7H15NS. The number of hydrogen-bond donors (Lipinski definition) is 0. The van der Waals surface area contributed by atoms with Gasteiger partial charge in [0.2, 0.25) is 0 Å². The molecule has 0 fully saturated rings. The zero-order valence-electron chi connectivity index (χ0n) is 6.48. The molecule has 0 radical (unpaired) electrons. The summed E-state index contributed by atoms with van der Waals surface area (Å²) in [6.07, 6.45) is 6.55. The van der Waals surface area contributed by atoms with E-state index in [-0.39, 0.29) is 0 Å². The van der Waals surface area contributed by atoms with Gasteiger partial charge in [-0.25, -0.2) is 0 Å². The quantitative estimate of drug-likeness (QED) is 0.559. The van der Waals surface area contributed by atoms with E-state index in [2.05, 4.69) is 24.8 Å². The van der Waals surface area contributed by atoms with E-state index in [1.54, 1.807) is 0 Å². The lowest BCUT2D eigenvalue weighted by Gasteiger charge is -2.19. The van der Waals surface area contributed by atoms with Crippen LogP contribution in [0.15, 0.2) is 0 Å². The summed E-state index contributed by atoms with van der Waals surface area (Å²) >= 11 is 0. The summed E-state index contributed by atoms with van der Waals surface area (Å²) in [6.45, 7) is 2.16. The van der Waals surface area contributed by atoms with E-state index in [1.807, 2.05) is 0 Å². The summed E-state index contributed by atoms with van der Waals surface area (Å²) in [6, 6.07) is 0. The standard InChI is InChI=1S/C7H15NS/c1-4-5-6-9(2,3)7-8/h4-6H2,1-3H3. The van der Waals surface area contributed by atoms with Crippen molar-refractivity contribution in [3.63, 3.8) is 0 Å². The molecule has 9 heavy (non-hydrogen) atoms. The monoisotopic (exact) mass is 145 g/mol. The van der Waals surface area contributed by atoms with E-state index in [4.69, 9.17) is 5.26 Å². The second-order valence-electron chi connectivity index (χ2n) is 2.69. The van der Waals surface area contributed by atoms with E-state index < -0.39 is 10.0 Å². The van der Waals surface area contributed by atoms with Gasteiger partial charge >= 0.3 is 0 Å². The number of unbranched alkanes of at least 4 members (excludes halogenated alkanes) is 1. The Morgan fingerprint density at radius 3 is 2.33 bits per heavy atom. The fourth-order valence-electron chi connectivity index (χ4n) is 0.551. The van der Waals surface area contributed by atoms with Crippen molar-refractivity contribution in [3.05, 3.63) is 0 Å². The van der Waals surface area contributed by atoms with E-state index in [1.165, 1.54) is 12.8 Å². The first-order chi connectivity index (χ1) is 4.12. The maximum absolute atomic E-state index is 8.61. The smallest absolute Gasteiger partial charge is 0.112 e. The molecule has 0 aliphatic rings. The molecule has 0 aliphatic heterocycles. The molecule has 0 heterocycles. The molecule has 0 amide bonds. The molecule has 1 nitrogen and oxygen atoms in total. The van der Waals surface area contributed by atoms with Gasteiger partial charge in [-0.3, -0.25) is 0 Å². The fourth-order valence-corrected chi connectivity index (χ4v) is 1.65. The van der Waals surface area contributed by atoms with Crippen LogP contribution in [0.5, 0.6) is 0 Å². The fraction of sp³-hybridized carbons (Fsp3) is 0.857. The molecule has 0 aromatic heterocycles. The van der Waals surface area contributed by atoms with Crippen molar-refractivity contribution in [2.45, 2.75) is 19.8 Å². The SMILES string of the molecule is CCCCS(C)(C)C#N. The third kappa shape index (κ3) is 4.35. The molecule has 0 bridgehead atoms. The normalized spacial score (nSPS) is 12.7. The summed E-state index contributed by atoms with van der Waals surface area (Å²) in [5, 5.41) is 11.0. The Kier molecular flexibility index (Phi) is 3.72. The zero-order chi connectivity index (χ0) is 7.33. The van der Waals surface area contributed by atoms with Gasteiger partial charge in [-0.15, -0.1) is 0 Å². The molecule has 0 saturated carbocycles. The minimum Gasteiger partial charge on any atom is -0.187 e. The first-order valence-electron chi connectivity index (χ1n) is 3.24. The largest absolute Gasteiger partial charge is 0.187 e. The van der Waals surface area contributed by atoms with Crippen LogP contribution >= 0.6 is 10.0 Å². The molecule has 0 aromatic carbocycles. The molecule has 0 atom stereocenters. The molecule has 54 valence electrons. The molecule has 0 spiro atoms. The van der Waals surface area contributed by atoms with Crippen molar-refractivity contribution < 1.29 is 0 Å². The highest BCUT2D eigenvalue weighted by molar-refractivity contribution is 8.36. The maximum Gasteiger partial charge on any atom is 0.112 e. The molecule has 0 aliphatic carbocycles. The predicted molar refractivity (Wildman–Crippen MR) is 44.8 cm³/mol. The van der Waals surface area contributed by atoms with Gasteiger partial charge in [0.15, 0.2) is 0 Å². The summed E-state index contributed by atoms with van der Waals surface area (Å²) in [5.74, 6) is 1.11. The number of thiocyanates is 1. The Hall–Kier alpha value is -0.160. The molecule has 0 N–H and O–H groups in total. The lowest BCUT2D eigenvalue weighted by molar-refractivity contribution is 0.894. The number of nitriles is 1. The molecule has 0 unspecified atom stereocenters. The summed E-state index contributed by atoms with van der Waals surface area (Å²) in [7, 11) is -0.876. The van der Waals surface area contributed by atoms with Gasteiger partial charge in [0, 0.05) is 0 Å². The maximum atomic E-state index is 8.61. The van der Waals surface area contributed by atoms with Crippen LogP contribution in [0.3, 0.4) is 0 Å². The molecular weight excluding hydrogens is 130 g/mol. The van der Waals surface area contributed by atoms with E-state index in [0.29, 0.717) is 0 Å². The van der Waals surface area contributed by atoms with Gasteiger partial charge in [0.05, 0.1) is 0 Å². The Balaban J connectivity index is 3.49. The van der Waals surface area contributed by atoms with Crippen LogP contribution in [-0.4, -0.2) is 18.3 Å². The average molecular weight is 145 g/mol. The Labute approximate surface area is 59.4 Å². The molecule has 2 heteroatoms. The van der Waals surface area contributed by atoms with Crippen LogP contribution in [-0.2, 0) is 0 Å². The summed E-state index contributed by atoms with van der Waals surface area (Å²) in [5.41, 5.74) is 0. The van der Waals surface area contributed by atoms with E-state index in [0.717, 1.165) is 5.75 Å². The Bertz CT molecular complexity index is 113. The molecule has 0 saturated heterocycles. The zero-order valence-corrected chi connectivity index (χ0v) is 7.29. The highest BCUT2D eigenvalue weighted by Crippen LogP contribution is 2.38. The predicted octanol–water partition coefficient (Wildman–Crippen LogP) is 2.33.